The fraction of sp³-hybridized carbons (Fsp3) is 1.00. The lowest BCUT2D eigenvalue weighted by molar-refractivity contribution is -0.267. The van der Waals surface area contributed by atoms with Gasteiger partial charge in [0.15, 0.2) is 0 Å². The van der Waals surface area contributed by atoms with Gasteiger partial charge in [0.1, 0.15) is 0 Å². The predicted octanol–water partition coefficient (Wildman–Crippen LogP) is 5.65. The van der Waals surface area contributed by atoms with Crippen LogP contribution in [0.1, 0.15) is 78.6 Å². The first-order chi connectivity index (χ1) is 10.2. The van der Waals surface area contributed by atoms with E-state index < -0.39 is 7.60 Å². The Morgan fingerprint density at radius 1 is 0.667 bits per heavy atom. The average molecular weight is 324 g/mol. The van der Waals surface area contributed by atoms with Crippen LogP contribution in [0, 0.1) is 0 Å². The molecule has 0 atom stereocenters. The fourth-order valence-electron chi connectivity index (χ4n) is 1.70. The number of hydrogen-bond acceptors (Lipinski definition) is 5. The molecule has 0 aliphatic carbocycles. The minimum atomic E-state index is -3.29. The van der Waals surface area contributed by atoms with Gasteiger partial charge in [0.2, 0.25) is 0 Å². The summed E-state index contributed by atoms with van der Waals surface area (Å²) in [5.41, 5.74) is 0. The summed E-state index contributed by atoms with van der Waals surface area (Å²) >= 11 is 0. The van der Waals surface area contributed by atoms with E-state index in [4.69, 9.17) is 19.1 Å². The molecule has 0 bridgehead atoms. The molecule has 0 heterocycles. The van der Waals surface area contributed by atoms with Crippen molar-refractivity contribution in [2.45, 2.75) is 78.6 Å². The molecule has 0 aliphatic rings. The van der Waals surface area contributed by atoms with Crippen molar-refractivity contribution in [1.82, 2.24) is 0 Å². The zero-order chi connectivity index (χ0) is 15.8. The van der Waals surface area contributed by atoms with Crippen LogP contribution in [0.2, 0.25) is 0 Å². The Labute approximate surface area is 130 Å². The van der Waals surface area contributed by atoms with Crippen molar-refractivity contribution in [2.75, 3.05) is 19.4 Å². The molecule has 0 N–H and O–H groups in total. The van der Waals surface area contributed by atoms with Gasteiger partial charge in [-0.3, -0.25) is 4.57 Å². The smallest absolute Gasteiger partial charge is 0.255 e. The second-order valence-corrected chi connectivity index (χ2v) is 7.22. The topological polar surface area (TPSA) is 54.0 Å². The summed E-state index contributed by atoms with van der Waals surface area (Å²) in [5.74, 6) is 0. The second kappa shape index (κ2) is 15.0. The SMILES string of the molecule is CCCCCOOP(=O)(CCCCC)OOCCCCC. The Morgan fingerprint density at radius 3 is 1.52 bits per heavy atom. The van der Waals surface area contributed by atoms with E-state index in [9.17, 15) is 4.57 Å². The average Bonchev–Trinajstić information content (AvgIpc) is 2.47. The molecule has 0 radical (unpaired) electrons. The molecule has 6 heteroatoms. The Kier molecular flexibility index (Phi) is 15.0. The molecule has 0 aromatic carbocycles. The standard InChI is InChI=1S/C15H33O5P/c1-4-7-10-13-17-19-21(16,15-12-9-6-3)20-18-14-11-8-5-2/h4-15H2,1-3H3. The highest BCUT2D eigenvalue weighted by molar-refractivity contribution is 7.53. The van der Waals surface area contributed by atoms with Crippen LogP contribution in [-0.4, -0.2) is 19.4 Å². The lowest BCUT2D eigenvalue weighted by atomic mass is 10.3. The summed E-state index contributed by atoms with van der Waals surface area (Å²) in [5, 5.41) is 0. The third kappa shape index (κ3) is 13.5. The minimum absolute atomic E-state index is 0.336. The number of unbranched alkanes of at least 4 members (excludes halogenated alkanes) is 6. The molecule has 0 aromatic heterocycles. The largest absolute Gasteiger partial charge is 0.384 e. The van der Waals surface area contributed by atoms with Crippen LogP contribution in [0.5, 0.6) is 0 Å². The molecule has 5 nitrogen and oxygen atoms in total. The highest BCUT2D eigenvalue weighted by atomic mass is 31.2. The van der Waals surface area contributed by atoms with E-state index in [1.54, 1.807) is 0 Å². The van der Waals surface area contributed by atoms with Crippen LogP contribution in [-0.2, 0) is 23.7 Å². The molecule has 0 saturated carbocycles. The van der Waals surface area contributed by atoms with Crippen LogP contribution < -0.4 is 0 Å². The van der Waals surface area contributed by atoms with Gasteiger partial charge in [-0.2, -0.15) is 0 Å². The third-order valence-corrected chi connectivity index (χ3v) is 4.56. The minimum Gasteiger partial charge on any atom is -0.255 e. The lowest BCUT2D eigenvalue weighted by Crippen LogP contribution is -2.04. The first-order valence-electron chi connectivity index (χ1n) is 8.40. The highest BCUT2D eigenvalue weighted by Gasteiger charge is 2.27. The zero-order valence-corrected chi connectivity index (χ0v) is 14.9. The molecule has 0 fully saturated rings. The summed E-state index contributed by atoms with van der Waals surface area (Å²) in [6.45, 7) is 7.19. The maximum absolute atomic E-state index is 12.5. The van der Waals surface area contributed by atoms with E-state index in [0.29, 0.717) is 19.4 Å². The molecule has 0 rings (SSSR count). The Hall–Kier alpha value is 0.0700. The molecular weight excluding hydrogens is 291 g/mol. The highest BCUT2D eigenvalue weighted by Crippen LogP contribution is 2.49. The Balaban J connectivity index is 3.98. The van der Waals surface area contributed by atoms with Crippen LogP contribution >= 0.6 is 7.60 Å². The predicted molar refractivity (Wildman–Crippen MR) is 85.1 cm³/mol. The molecule has 0 aliphatic heterocycles. The summed E-state index contributed by atoms with van der Waals surface area (Å²) in [6, 6.07) is 0. The van der Waals surface area contributed by atoms with Gasteiger partial charge in [-0.25, -0.2) is 9.78 Å². The summed E-state index contributed by atoms with van der Waals surface area (Å²) < 4.78 is 22.5. The van der Waals surface area contributed by atoms with E-state index in [2.05, 4.69) is 20.8 Å². The molecular formula is C15H33O5P. The Bertz CT molecular complexity index is 242. The molecule has 0 unspecified atom stereocenters. The van der Waals surface area contributed by atoms with Crippen LogP contribution in [0.4, 0.5) is 0 Å². The van der Waals surface area contributed by atoms with Crippen molar-refractivity contribution in [2.24, 2.45) is 0 Å². The van der Waals surface area contributed by atoms with E-state index in [-0.39, 0.29) is 0 Å². The van der Waals surface area contributed by atoms with E-state index >= 15 is 0 Å². The van der Waals surface area contributed by atoms with Gasteiger partial charge in [-0.15, -0.1) is 9.35 Å². The zero-order valence-electron chi connectivity index (χ0n) is 14.0. The van der Waals surface area contributed by atoms with Crippen molar-refractivity contribution >= 4 is 7.60 Å². The van der Waals surface area contributed by atoms with E-state index in [1.807, 2.05) is 0 Å². The molecule has 0 amide bonds. The van der Waals surface area contributed by atoms with Gasteiger partial charge >= 0.3 is 7.60 Å². The van der Waals surface area contributed by atoms with Crippen molar-refractivity contribution in [3.8, 4) is 0 Å². The van der Waals surface area contributed by atoms with Crippen LogP contribution in [0.25, 0.3) is 0 Å². The van der Waals surface area contributed by atoms with Crippen LogP contribution in [0.3, 0.4) is 0 Å². The van der Waals surface area contributed by atoms with Gasteiger partial charge in [0.25, 0.3) is 0 Å². The fourth-order valence-corrected chi connectivity index (χ4v) is 2.95. The van der Waals surface area contributed by atoms with Gasteiger partial charge < -0.3 is 0 Å². The quantitative estimate of drug-likeness (QED) is 0.159. The molecule has 128 valence electrons. The van der Waals surface area contributed by atoms with Crippen LogP contribution in [0.15, 0.2) is 0 Å². The maximum atomic E-state index is 12.5. The summed E-state index contributed by atoms with van der Waals surface area (Å²) in [7, 11) is -3.29. The van der Waals surface area contributed by atoms with Gasteiger partial charge in [0.05, 0.1) is 19.4 Å². The van der Waals surface area contributed by atoms with Gasteiger partial charge in [-0.05, 0) is 19.3 Å². The normalized spacial score (nSPS) is 12.0. The second-order valence-electron chi connectivity index (χ2n) is 5.25. The summed E-state index contributed by atoms with van der Waals surface area (Å²) in [6.07, 6.45) is 9.29. The maximum Gasteiger partial charge on any atom is 0.384 e. The van der Waals surface area contributed by atoms with Crippen molar-refractivity contribution in [3.05, 3.63) is 0 Å². The number of hydrogen-bond donors (Lipinski definition) is 0. The van der Waals surface area contributed by atoms with Gasteiger partial charge in [0, 0.05) is 0 Å². The third-order valence-electron chi connectivity index (χ3n) is 3.03. The van der Waals surface area contributed by atoms with E-state index in [1.165, 1.54) is 0 Å². The molecule has 0 saturated heterocycles. The molecule has 0 aromatic rings. The molecule has 0 spiro atoms. The first kappa shape index (κ1) is 21.1. The Morgan fingerprint density at radius 2 is 1.10 bits per heavy atom. The summed E-state index contributed by atoms with van der Waals surface area (Å²) in [4.78, 5) is 10.1. The van der Waals surface area contributed by atoms with Crippen molar-refractivity contribution in [1.29, 1.82) is 0 Å². The van der Waals surface area contributed by atoms with E-state index in [0.717, 1.165) is 57.8 Å². The van der Waals surface area contributed by atoms with Gasteiger partial charge in [-0.1, -0.05) is 59.3 Å². The monoisotopic (exact) mass is 324 g/mol. The van der Waals surface area contributed by atoms with Crippen molar-refractivity contribution < 1.29 is 23.7 Å². The molecule has 21 heavy (non-hydrogen) atoms. The number of rotatable bonds is 16. The lowest BCUT2D eigenvalue weighted by Gasteiger charge is -2.16. The van der Waals surface area contributed by atoms with Crippen molar-refractivity contribution in [3.63, 3.8) is 0 Å². The first-order valence-corrected chi connectivity index (χ1v) is 10.1.